The maximum absolute atomic E-state index is 13.2. The van der Waals surface area contributed by atoms with E-state index in [-0.39, 0.29) is 17.1 Å². The number of pyridine rings is 1. The Kier molecular flexibility index (Phi) is 7.82. The molecule has 0 aliphatic rings. The largest absolute Gasteiger partial charge is 0.309 e. The Morgan fingerprint density at radius 3 is 2.53 bits per heavy atom. The number of hydrogen-bond donors (Lipinski definition) is 1. The number of nitrogens with one attached hydrogen (secondary N) is 1. The molecule has 2 aromatic rings. The van der Waals surface area contributed by atoms with Crippen LogP contribution >= 0.6 is 15.9 Å². The molecule has 2 rings (SSSR count). The summed E-state index contributed by atoms with van der Waals surface area (Å²) in [6.45, 7) is 6.85. The van der Waals surface area contributed by atoms with E-state index in [1.54, 1.807) is 25.1 Å². The minimum Gasteiger partial charge on any atom is -0.309 e. The summed E-state index contributed by atoms with van der Waals surface area (Å²) < 4.78 is 27.9. The molecule has 0 saturated heterocycles. The molecule has 1 amide bonds. The Morgan fingerprint density at radius 2 is 1.97 bits per heavy atom. The average molecular weight is 497 g/mol. The summed E-state index contributed by atoms with van der Waals surface area (Å²) in [5.41, 5.74) is 0.489. The molecule has 0 aliphatic carbocycles. The smallest absolute Gasteiger partial charge is 0.269 e. The second-order valence-corrected chi connectivity index (χ2v) is 9.11. The molecule has 0 spiro atoms. The second-order valence-electron chi connectivity index (χ2n) is 6.41. The van der Waals surface area contributed by atoms with Gasteiger partial charge in [-0.05, 0) is 60.0 Å². The maximum Gasteiger partial charge on any atom is 0.269 e. The van der Waals surface area contributed by atoms with Crippen LogP contribution in [-0.4, -0.2) is 41.1 Å². The van der Waals surface area contributed by atoms with Gasteiger partial charge in [-0.1, -0.05) is 12.1 Å². The monoisotopic (exact) mass is 496 g/mol. The number of nitro benzene ring substituents is 1. The molecule has 160 valence electrons. The predicted molar refractivity (Wildman–Crippen MR) is 117 cm³/mol. The summed E-state index contributed by atoms with van der Waals surface area (Å²) >= 11 is 3.24. The van der Waals surface area contributed by atoms with E-state index >= 15 is 0 Å². The van der Waals surface area contributed by atoms with E-state index in [4.69, 9.17) is 0 Å². The number of carbonyl (C=O) groups excluding carboxylic acids is 1. The van der Waals surface area contributed by atoms with Gasteiger partial charge >= 0.3 is 0 Å². The van der Waals surface area contributed by atoms with Gasteiger partial charge in [-0.3, -0.25) is 14.9 Å². The average Bonchev–Trinajstić information content (AvgIpc) is 2.70. The Bertz CT molecular complexity index is 1060. The molecule has 11 heteroatoms. The van der Waals surface area contributed by atoms with Gasteiger partial charge in [0.15, 0.2) is 0 Å². The molecule has 0 radical (unpaired) electrons. The van der Waals surface area contributed by atoms with Gasteiger partial charge in [0.2, 0.25) is 15.9 Å². The highest BCUT2D eigenvalue weighted by molar-refractivity contribution is 9.10. The van der Waals surface area contributed by atoms with E-state index < -0.39 is 26.9 Å². The van der Waals surface area contributed by atoms with Crippen LogP contribution in [0.5, 0.6) is 0 Å². The van der Waals surface area contributed by atoms with Crippen molar-refractivity contribution in [3.05, 3.63) is 69.3 Å². The number of nitrogens with zero attached hydrogens (tertiary/aromatic N) is 3. The quantitative estimate of drug-likeness (QED) is 0.244. The number of sulfonamides is 1. The molecule has 0 unspecified atom stereocenters. The number of carbonyl (C=O) groups is 1. The van der Waals surface area contributed by atoms with Crippen molar-refractivity contribution in [1.82, 2.24) is 9.29 Å². The lowest BCUT2D eigenvalue weighted by Gasteiger charge is -2.27. The van der Waals surface area contributed by atoms with Gasteiger partial charge in [0.25, 0.3) is 5.69 Å². The van der Waals surface area contributed by atoms with E-state index in [0.717, 1.165) is 34.1 Å². The molecular weight excluding hydrogens is 476 g/mol. The Labute approximate surface area is 183 Å². The highest BCUT2D eigenvalue weighted by atomic mass is 79.9. The van der Waals surface area contributed by atoms with Crippen molar-refractivity contribution in [3.8, 4) is 0 Å². The zero-order valence-electron chi connectivity index (χ0n) is 16.4. The van der Waals surface area contributed by atoms with Crippen molar-refractivity contribution in [1.29, 1.82) is 0 Å². The molecule has 0 fully saturated rings. The lowest BCUT2D eigenvalue weighted by atomic mass is 10.2. The summed E-state index contributed by atoms with van der Waals surface area (Å²) in [7, 11) is -4.10. The van der Waals surface area contributed by atoms with Crippen LogP contribution < -0.4 is 5.32 Å². The van der Waals surface area contributed by atoms with E-state index in [2.05, 4.69) is 32.8 Å². The number of amides is 1. The fraction of sp³-hybridized carbons (Fsp3) is 0.263. The number of benzene rings is 1. The number of non-ortho nitro benzene ring substituents is 1. The van der Waals surface area contributed by atoms with Crippen LogP contribution in [0.15, 0.2) is 58.6 Å². The standard InChI is InChI=1S/C19H21BrN4O5S/c1-4-5-12-23(30(28,29)16-9-7-15(8-10-16)24(26)27)14(3)19(25)22-18-13(2)6-11-17(20)21-18/h4,6-11,14H,1,5,12H2,2-3H3,(H,21,22,25)/t14-/m0/s1. The molecule has 1 atom stereocenters. The molecule has 0 aliphatic heterocycles. The van der Waals surface area contributed by atoms with Gasteiger partial charge in [-0.2, -0.15) is 4.31 Å². The van der Waals surface area contributed by atoms with Gasteiger partial charge < -0.3 is 5.32 Å². The van der Waals surface area contributed by atoms with Crippen LogP contribution in [0.1, 0.15) is 18.9 Å². The molecule has 1 aromatic carbocycles. The van der Waals surface area contributed by atoms with Crippen molar-refractivity contribution in [3.63, 3.8) is 0 Å². The first kappa shape index (κ1) is 23.6. The first-order chi connectivity index (χ1) is 14.1. The fourth-order valence-electron chi connectivity index (χ4n) is 2.60. The normalized spacial score (nSPS) is 12.4. The molecule has 30 heavy (non-hydrogen) atoms. The van der Waals surface area contributed by atoms with Crippen molar-refractivity contribution in [2.45, 2.75) is 31.2 Å². The first-order valence-electron chi connectivity index (χ1n) is 8.89. The summed E-state index contributed by atoms with van der Waals surface area (Å²) in [6, 6.07) is 6.95. The van der Waals surface area contributed by atoms with Crippen molar-refractivity contribution < 1.29 is 18.1 Å². The number of hydrogen-bond acceptors (Lipinski definition) is 6. The molecule has 1 aromatic heterocycles. The molecule has 1 N–H and O–H groups in total. The van der Waals surface area contributed by atoms with Crippen molar-refractivity contribution in [2.75, 3.05) is 11.9 Å². The third-order valence-corrected chi connectivity index (χ3v) is 6.75. The van der Waals surface area contributed by atoms with Crippen LogP contribution in [0, 0.1) is 17.0 Å². The number of rotatable bonds is 9. The SMILES string of the molecule is C=CCCN([C@@H](C)C(=O)Nc1nc(Br)ccc1C)S(=O)(=O)c1ccc([N+](=O)[O-])cc1. The Hall–Kier alpha value is -2.63. The number of aromatic nitrogens is 1. The van der Waals surface area contributed by atoms with Crippen LogP contribution in [-0.2, 0) is 14.8 Å². The molecular formula is C19H21BrN4O5S. The predicted octanol–water partition coefficient (Wildman–Crippen LogP) is 3.65. The molecule has 0 bridgehead atoms. The van der Waals surface area contributed by atoms with E-state index in [1.165, 1.54) is 6.92 Å². The van der Waals surface area contributed by atoms with Crippen molar-refractivity contribution in [2.24, 2.45) is 0 Å². The molecule has 0 saturated carbocycles. The third-order valence-electron chi connectivity index (χ3n) is 4.32. The zero-order valence-corrected chi connectivity index (χ0v) is 18.8. The highest BCUT2D eigenvalue weighted by Crippen LogP contribution is 2.23. The Balaban J connectivity index is 2.34. The lowest BCUT2D eigenvalue weighted by Crippen LogP contribution is -2.46. The number of anilines is 1. The minimum absolute atomic E-state index is 0.0162. The van der Waals surface area contributed by atoms with Gasteiger partial charge in [-0.25, -0.2) is 13.4 Å². The van der Waals surface area contributed by atoms with Crippen molar-refractivity contribution >= 4 is 43.4 Å². The summed E-state index contributed by atoms with van der Waals surface area (Å²) in [5.74, 6) is -0.240. The summed E-state index contributed by atoms with van der Waals surface area (Å²) in [4.78, 5) is 27.1. The van der Waals surface area contributed by atoms with E-state index in [0.29, 0.717) is 16.8 Å². The highest BCUT2D eigenvalue weighted by Gasteiger charge is 2.33. The van der Waals surface area contributed by atoms with Gasteiger partial charge in [-0.15, -0.1) is 6.58 Å². The fourth-order valence-corrected chi connectivity index (χ4v) is 4.52. The first-order valence-corrected chi connectivity index (χ1v) is 11.1. The maximum atomic E-state index is 13.2. The van der Waals surface area contributed by atoms with Crippen LogP contribution in [0.3, 0.4) is 0 Å². The third kappa shape index (κ3) is 5.49. The van der Waals surface area contributed by atoms with Gasteiger partial charge in [0.1, 0.15) is 16.5 Å². The van der Waals surface area contributed by atoms with E-state index in [1.807, 2.05) is 0 Å². The second kappa shape index (κ2) is 9.92. The topological polar surface area (TPSA) is 123 Å². The molecule has 1 heterocycles. The van der Waals surface area contributed by atoms with Crippen LogP contribution in [0.25, 0.3) is 0 Å². The van der Waals surface area contributed by atoms with Gasteiger partial charge in [0, 0.05) is 18.7 Å². The molecule has 9 nitrogen and oxygen atoms in total. The lowest BCUT2D eigenvalue weighted by molar-refractivity contribution is -0.384. The minimum atomic E-state index is -4.10. The van der Waals surface area contributed by atoms with Crippen LogP contribution in [0.2, 0.25) is 0 Å². The number of halogens is 1. The number of aryl methyl sites for hydroxylation is 1. The summed E-state index contributed by atoms with van der Waals surface area (Å²) in [5, 5.41) is 13.5. The Morgan fingerprint density at radius 1 is 1.33 bits per heavy atom. The van der Waals surface area contributed by atoms with E-state index in [9.17, 15) is 23.3 Å². The number of nitro groups is 1. The summed E-state index contributed by atoms with van der Waals surface area (Å²) in [6.07, 6.45) is 1.86. The zero-order chi connectivity index (χ0) is 22.5. The van der Waals surface area contributed by atoms with Gasteiger partial charge in [0.05, 0.1) is 9.82 Å². The van der Waals surface area contributed by atoms with Crippen LogP contribution in [0.4, 0.5) is 11.5 Å².